The molecule has 1 rings (SSSR count). The molecule has 10 N–H and O–H groups in total. The SMILES string of the molecule is CCC(C)(Oc1ccc(CCN(CP(=O)(O)O)CP(=O)(O)O)cc1)P(N)P(N)PN. The Kier molecular flexibility index (Phi) is 11.5. The number of hydrogen-bond donors (Lipinski definition) is 7. The Balaban J connectivity index is 2.81. The van der Waals surface area contributed by atoms with Gasteiger partial charge in [0.25, 0.3) is 0 Å². The van der Waals surface area contributed by atoms with Crippen LogP contribution in [0.5, 0.6) is 5.75 Å². The summed E-state index contributed by atoms with van der Waals surface area (Å²) >= 11 is 0. The van der Waals surface area contributed by atoms with Crippen molar-refractivity contribution in [3.63, 3.8) is 0 Å². The average Bonchev–Trinajstić information content (AvgIpc) is 2.63. The molecule has 174 valence electrons. The van der Waals surface area contributed by atoms with E-state index in [1.807, 2.05) is 13.8 Å². The predicted molar refractivity (Wildman–Crippen MR) is 125 cm³/mol. The molecule has 0 aromatic heterocycles. The molecule has 0 bridgehead atoms. The molecular formula is C14H31N4O7P5. The van der Waals surface area contributed by atoms with Crippen LogP contribution in [0.1, 0.15) is 25.8 Å². The highest BCUT2D eigenvalue weighted by atomic mass is 32.5. The lowest BCUT2D eigenvalue weighted by Gasteiger charge is -2.37. The summed E-state index contributed by atoms with van der Waals surface area (Å²) in [6.07, 6.45) is -0.440. The van der Waals surface area contributed by atoms with E-state index in [1.54, 1.807) is 24.3 Å². The first kappa shape index (κ1) is 28.5. The van der Waals surface area contributed by atoms with E-state index < -0.39 is 48.3 Å². The van der Waals surface area contributed by atoms with E-state index in [9.17, 15) is 9.13 Å². The largest absolute Gasteiger partial charge is 0.481 e. The molecule has 0 amide bonds. The second-order valence-electron chi connectivity index (χ2n) is 6.85. The third-order valence-corrected chi connectivity index (χ3v) is 14.3. The molecule has 16 heteroatoms. The smallest absolute Gasteiger partial charge is 0.339 e. The van der Waals surface area contributed by atoms with Gasteiger partial charge in [-0.25, -0.2) is 0 Å². The Hall–Kier alpha value is 0.450. The van der Waals surface area contributed by atoms with Crippen molar-refractivity contribution >= 4 is 38.8 Å². The zero-order valence-electron chi connectivity index (χ0n) is 16.8. The molecule has 1 aromatic carbocycles. The van der Waals surface area contributed by atoms with Crippen LogP contribution in [0.25, 0.3) is 0 Å². The van der Waals surface area contributed by atoms with E-state index in [4.69, 9.17) is 40.8 Å². The van der Waals surface area contributed by atoms with Crippen LogP contribution in [0.15, 0.2) is 24.3 Å². The van der Waals surface area contributed by atoms with Crippen LogP contribution in [0.3, 0.4) is 0 Å². The second kappa shape index (κ2) is 12.1. The van der Waals surface area contributed by atoms with Crippen LogP contribution in [0, 0.1) is 0 Å². The number of rotatable bonds is 13. The fraction of sp³-hybridized carbons (Fsp3) is 0.571. The summed E-state index contributed by atoms with van der Waals surface area (Å²) in [5.41, 5.74) is 18.9. The van der Waals surface area contributed by atoms with Crippen molar-refractivity contribution in [2.24, 2.45) is 16.5 Å². The fourth-order valence-corrected chi connectivity index (χ4v) is 10.6. The maximum atomic E-state index is 11.2. The molecule has 1 aromatic rings. The Morgan fingerprint density at radius 2 is 1.60 bits per heavy atom. The van der Waals surface area contributed by atoms with Crippen LogP contribution in [0.2, 0.25) is 0 Å². The summed E-state index contributed by atoms with van der Waals surface area (Å²) in [6, 6.07) is 7.08. The molecule has 0 spiro atoms. The molecule has 0 fully saturated rings. The van der Waals surface area contributed by atoms with E-state index in [1.165, 1.54) is 0 Å². The van der Waals surface area contributed by atoms with Gasteiger partial charge < -0.3 is 40.8 Å². The maximum Gasteiger partial charge on any atom is 0.339 e. The minimum atomic E-state index is -4.45. The lowest BCUT2D eigenvalue weighted by atomic mass is 10.1. The third-order valence-electron chi connectivity index (χ3n) is 4.25. The van der Waals surface area contributed by atoms with Crippen molar-refractivity contribution in [2.45, 2.75) is 32.0 Å². The monoisotopic (exact) mass is 522 g/mol. The van der Waals surface area contributed by atoms with Gasteiger partial charge >= 0.3 is 15.2 Å². The van der Waals surface area contributed by atoms with Gasteiger partial charge in [0.2, 0.25) is 0 Å². The van der Waals surface area contributed by atoms with Gasteiger partial charge in [0, 0.05) is 14.0 Å². The normalized spacial score (nSPS) is 17.3. The van der Waals surface area contributed by atoms with Gasteiger partial charge in [0.15, 0.2) is 0 Å². The van der Waals surface area contributed by atoms with Crippen LogP contribution in [-0.4, -0.2) is 48.9 Å². The first-order chi connectivity index (χ1) is 13.7. The van der Waals surface area contributed by atoms with E-state index in [2.05, 4.69) is 0 Å². The van der Waals surface area contributed by atoms with E-state index >= 15 is 0 Å². The van der Waals surface area contributed by atoms with Crippen molar-refractivity contribution in [1.29, 1.82) is 0 Å². The summed E-state index contributed by atoms with van der Waals surface area (Å²) in [5, 5.41) is -0.618. The molecule has 0 saturated carbocycles. The topological polar surface area (TPSA) is 206 Å². The van der Waals surface area contributed by atoms with Crippen molar-refractivity contribution in [3.05, 3.63) is 29.8 Å². The minimum Gasteiger partial charge on any atom is -0.481 e. The quantitative estimate of drug-likeness (QED) is 0.187. The van der Waals surface area contributed by atoms with Gasteiger partial charge in [-0.3, -0.25) is 14.0 Å². The third kappa shape index (κ3) is 10.4. The maximum absolute atomic E-state index is 11.2. The summed E-state index contributed by atoms with van der Waals surface area (Å²) in [4.78, 5) is 37.6. The molecule has 4 unspecified atom stereocenters. The van der Waals surface area contributed by atoms with Crippen LogP contribution < -0.4 is 21.2 Å². The number of hydrogen-bond acceptors (Lipinski definition) is 7. The lowest BCUT2D eigenvalue weighted by molar-refractivity contribution is 0.176. The molecule has 0 radical (unpaired) electrons. The van der Waals surface area contributed by atoms with Gasteiger partial charge in [-0.15, -0.1) is 0 Å². The van der Waals surface area contributed by atoms with Gasteiger partial charge in [-0.1, -0.05) is 19.1 Å². The molecule has 0 aliphatic carbocycles. The Morgan fingerprint density at radius 3 is 2.00 bits per heavy atom. The van der Waals surface area contributed by atoms with Crippen molar-refractivity contribution in [2.75, 3.05) is 19.1 Å². The van der Waals surface area contributed by atoms with Crippen molar-refractivity contribution < 1.29 is 33.4 Å². The zero-order chi connectivity index (χ0) is 23.2. The predicted octanol–water partition coefficient (Wildman–Crippen LogP) is 2.40. The Morgan fingerprint density at radius 1 is 1.10 bits per heavy atom. The van der Waals surface area contributed by atoms with Gasteiger partial charge in [-0.2, -0.15) is 0 Å². The van der Waals surface area contributed by atoms with Crippen LogP contribution in [-0.2, 0) is 15.6 Å². The first-order valence-electron chi connectivity index (χ1n) is 8.84. The number of nitrogens with zero attached hydrogens (tertiary/aromatic N) is 1. The number of benzene rings is 1. The highest BCUT2D eigenvalue weighted by Crippen LogP contribution is 2.74. The molecule has 30 heavy (non-hydrogen) atoms. The molecule has 4 atom stereocenters. The van der Waals surface area contributed by atoms with Gasteiger partial charge in [0.1, 0.15) is 23.7 Å². The molecular weight excluding hydrogens is 491 g/mol. The van der Waals surface area contributed by atoms with Crippen molar-refractivity contribution in [1.82, 2.24) is 4.90 Å². The van der Waals surface area contributed by atoms with Gasteiger partial charge in [-0.05, 0) is 45.9 Å². The molecule has 11 nitrogen and oxygen atoms in total. The summed E-state index contributed by atoms with van der Waals surface area (Å²) in [7, 11) is -10.9. The highest BCUT2D eigenvalue weighted by Gasteiger charge is 2.36. The van der Waals surface area contributed by atoms with Crippen LogP contribution >= 0.6 is 38.8 Å². The Bertz CT molecular complexity index is 738. The molecule has 0 aliphatic heterocycles. The highest BCUT2D eigenvalue weighted by molar-refractivity contribution is 8.55. The second-order valence-corrected chi connectivity index (χ2v) is 18.6. The van der Waals surface area contributed by atoms with E-state index in [-0.39, 0.29) is 15.0 Å². The standard InChI is InChI=1S/C14H31N4O7P5/c1-3-14(2,27(16)28(17)26-15)25-13-6-4-12(5-7-13)8-9-18(10-29(19,20)21)11-30(22,23)24/h4-7,26H,3,8-11,15-17H2,1-2H3,(H2,19,20,21)(H2,22,23,24). The average molecular weight is 522 g/mol. The van der Waals surface area contributed by atoms with Gasteiger partial charge in [0.05, 0.1) is 7.76 Å². The van der Waals surface area contributed by atoms with E-state index in [0.717, 1.165) is 10.5 Å². The lowest BCUT2D eigenvalue weighted by Crippen LogP contribution is -2.31. The Labute approximate surface area is 180 Å². The minimum absolute atomic E-state index is 0.0755. The molecule has 0 aliphatic rings. The number of ether oxygens (including phenoxy) is 1. The fourth-order valence-electron chi connectivity index (χ4n) is 2.54. The summed E-state index contributed by atoms with van der Waals surface area (Å²) in [6.45, 7) is 3.96. The zero-order valence-corrected chi connectivity index (χ0v) is 21.4. The molecule has 0 heterocycles. The number of nitrogens with two attached hydrogens (primary N) is 3. The molecule has 0 saturated heterocycles. The van der Waals surface area contributed by atoms with E-state index in [0.29, 0.717) is 18.6 Å². The first-order valence-corrected chi connectivity index (χ1v) is 17.9. The van der Waals surface area contributed by atoms with Crippen LogP contribution in [0.4, 0.5) is 0 Å². The summed E-state index contributed by atoms with van der Waals surface area (Å²) in [5.74, 6) is 0.604. The summed E-state index contributed by atoms with van der Waals surface area (Å²) < 4.78 is 28.6. The van der Waals surface area contributed by atoms with Crippen molar-refractivity contribution in [3.8, 4) is 5.75 Å².